The number of hydrogen-bond acceptors (Lipinski definition) is 2. The Morgan fingerprint density at radius 1 is 1.26 bits per heavy atom. The van der Waals surface area contributed by atoms with E-state index in [2.05, 4.69) is 15.5 Å². The summed E-state index contributed by atoms with van der Waals surface area (Å²) in [6, 6.07) is 5.88. The highest BCUT2D eigenvalue weighted by Gasteiger charge is 2.54. The van der Waals surface area contributed by atoms with Gasteiger partial charge in [0.25, 0.3) is 0 Å². The van der Waals surface area contributed by atoms with Gasteiger partial charge in [-0.1, -0.05) is 12.8 Å². The minimum Gasteiger partial charge on any atom is -0.326 e. The molecular formula is C15H17N3O. The SMILES string of the molecule is O=C(Nc1ccc2cn[nH]c2c1)C1C2CCCCC21. The van der Waals surface area contributed by atoms with E-state index >= 15 is 0 Å². The van der Waals surface area contributed by atoms with Gasteiger partial charge in [0, 0.05) is 17.0 Å². The van der Waals surface area contributed by atoms with Crippen molar-refractivity contribution in [2.75, 3.05) is 5.32 Å². The minimum absolute atomic E-state index is 0.204. The molecule has 4 heteroatoms. The molecule has 0 spiro atoms. The van der Waals surface area contributed by atoms with Crippen LogP contribution >= 0.6 is 0 Å². The van der Waals surface area contributed by atoms with E-state index in [1.807, 2.05) is 18.2 Å². The molecule has 2 fully saturated rings. The van der Waals surface area contributed by atoms with Gasteiger partial charge in [0.05, 0.1) is 11.7 Å². The number of fused-ring (bicyclic) bond motifs is 2. The molecule has 4 nitrogen and oxygen atoms in total. The van der Waals surface area contributed by atoms with Crippen molar-refractivity contribution >= 4 is 22.5 Å². The highest BCUT2D eigenvalue weighted by Crippen LogP contribution is 2.55. The van der Waals surface area contributed by atoms with Gasteiger partial charge in [-0.15, -0.1) is 0 Å². The second-order valence-corrected chi connectivity index (χ2v) is 5.80. The molecule has 19 heavy (non-hydrogen) atoms. The molecule has 2 N–H and O–H groups in total. The van der Waals surface area contributed by atoms with Gasteiger partial charge in [-0.2, -0.15) is 5.10 Å². The fraction of sp³-hybridized carbons (Fsp3) is 0.467. The van der Waals surface area contributed by atoms with Crippen LogP contribution in [0.5, 0.6) is 0 Å². The van der Waals surface area contributed by atoms with Crippen LogP contribution in [0.25, 0.3) is 10.9 Å². The first kappa shape index (κ1) is 11.0. The molecule has 1 aromatic carbocycles. The van der Waals surface area contributed by atoms with Crippen LogP contribution in [0.2, 0.25) is 0 Å². The van der Waals surface area contributed by atoms with Crippen LogP contribution < -0.4 is 5.32 Å². The highest BCUT2D eigenvalue weighted by molar-refractivity contribution is 5.96. The number of carbonyl (C=O) groups is 1. The lowest BCUT2D eigenvalue weighted by molar-refractivity contribution is -0.117. The molecular weight excluding hydrogens is 238 g/mol. The largest absolute Gasteiger partial charge is 0.326 e. The molecule has 2 saturated carbocycles. The highest BCUT2D eigenvalue weighted by atomic mass is 16.2. The number of rotatable bonds is 2. The van der Waals surface area contributed by atoms with Crippen molar-refractivity contribution in [1.29, 1.82) is 0 Å². The van der Waals surface area contributed by atoms with Gasteiger partial charge in [-0.05, 0) is 42.9 Å². The van der Waals surface area contributed by atoms with Crippen LogP contribution in [0.3, 0.4) is 0 Å². The Morgan fingerprint density at radius 2 is 2.05 bits per heavy atom. The third-order valence-electron chi connectivity index (χ3n) is 4.67. The summed E-state index contributed by atoms with van der Waals surface area (Å²) >= 11 is 0. The van der Waals surface area contributed by atoms with Gasteiger partial charge in [-0.3, -0.25) is 9.89 Å². The van der Waals surface area contributed by atoms with Crippen molar-refractivity contribution in [2.45, 2.75) is 25.7 Å². The zero-order valence-electron chi connectivity index (χ0n) is 10.7. The summed E-state index contributed by atoms with van der Waals surface area (Å²) < 4.78 is 0. The van der Waals surface area contributed by atoms with Gasteiger partial charge in [0.15, 0.2) is 0 Å². The van der Waals surface area contributed by atoms with Crippen molar-refractivity contribution in [3.63, 3.8) is 0 Å². The lowest BCUT2D eigenvalue weighted by Gasteiger charge is -2.04. The molecule has 2 atom stereocenters. The molecule has 1 aromatic heterocycles. The molecule has 1 amide bonds. The van der Waals surface area contributed by atoms with Crippen molar-refractivity contribution < 1.29 is 4.79 Å². The molecule has 2 unspecified atom stereocenters. The first-order valence-electron chi connectivity index (χ1n) is 7.07. The molecule has 0 aliphatic heterocycles. The fourth-order valence-corrected chi connectivity index (χ4v) is 3.62. The van der Waals surface area contributed by atoms with Gasteiger partial charge in [-0.25, -0.2) is 0 Å². The van der Waals surface area contributed by atoms with Crippen LogP contribution in [-0.2, 0) is 4.79 Å². The summed E-state index contributed by atoms with van der Waals surface area (Å²) in [6.45, 7) is 0. The Labute approximate surface area is 111 Å². The zero-order chi connectivity index (χ0) is 12.8. The van der Waals surface area contributed by atoms with E-state index in [0.29, 0.717) is 11.8 Å². The lowest BCUT2D eigenvalue weighted by atomic mass is 10.0. The van der Waals surface area contributed by atoms with Crippen LogP contribution in [-0.4, -0.2) is 16.1 Å². The summed E-state index contributed by atoms with van der Waals surface area (Å²) in [6.07, 6.45) is 6.86. The van der Waals surface area contributed by atoms with Gasteiger partial charge < -0.3 is 5.32 Å². The Balaban J connectivity index is 1.50. The maximum atomic E-state index is 12.3. The van der Waals surface area contributed by atoms with Crippen LogP contribution in [0.4, 0.5) is 5.69 Å². The molecule has 1 heterocycles. The predicted molar refractivity (Wildman–Crippen MR) is 73.7 cm³/mol. The van der Waals surface area contributed by atoms with Gasteiger partial charge >= 0.3 is 0 Å². The summed E-state index contributed by atoms with van der Waals surface area (Å²) in [5.41, 5.74) is 1.83. The van der Waals surface area contributed by atoms with Crippen LogP contribution in [0.1, 0.15) is 25.7 Å². The van der Waals surface area contributed by atoms with Gasteiger partial charge in [0.1, 0.15) is 0 Å². The first-order chi connectivity index (χ1) is 9.33. The Morgan fingerprint density at radius 3 is 2.84 bits per heavy atom. The van der Waals surface area contributed by atoms with Crippen molar-refractivity contribution in [2.24, 2.45) is 17.8 Å². The second kappa shape index (κ2) is 4.08. The summed E-state index contributed by atoms with van der Waals surface area (Å²) in [4.78, 5) is 12.3. The van der Waals surface area contributed by atoms with Crippen molar-refractivity contribution in [1.82, 2.24) is 10.2 Å². The number of aromatic nitrogens is 2. The van der Waals surface area contributed by atoms with Crippen molar-refractivity contribution in [3.05, 3.63) is 24.4 Å². The summed E-state index contributed by atoms with van der Waals surface area (Å²) in [5, 5.41) is 11.0. The average molecular weight is 255 g/mol. The third kappa shape index (κ3) is 1.82. The number of anilines is 1. The summed E-state index contributed by atoms with van der Waals surface area (Å²) in [7, 11) is 0. The first-order valence-corrected chi connectivity index (χ1v) is 7.07. The minimum atomic E-state index is 0.204. The average Bonchev–Trinajstić information content (AvgIpc) is 2.98. The monoisotopic (exact) mass is 255 g/mol. The van der Waals surface area contributed by atoms with E-state index in [1.54, 1.807) is 6.20 Å². The Bertz CT molecular complexity index is 621. The number of H-pyrrole nitrogens is 1. The molecule has 4 rings (SSSR count). The van der Waals surface area contributed by atoms with Gasteiger partial charge in [0.2, 0.25) is 5.91 Å². The molecule has 2 aliphatic carbocycles. The Kier molecular flexibility index (Phi) is 2.37. The second-order valence-electron chi connectivity index (χ2n) is 5.80. The number of nitrogens with zero attached hydrogens (tertiary/aromatic N) is 1. The van der Waals surface area contributed by atoms with Crippen LogP contribution in [0, 0.1) is 17.8 Å². The quantitative estimate of drug-likeness (QED) is 0.866. The molecule has 0 bridgehead atoms. The normalized spacial score (nSPS) is 28.9. The molecule has 0 radical (unpaired) electrons. The predicted octanol–water partition coefficient (Wildman–Crippen LogP) is 2.94. The maximum absolute atomic E-state index is 12.3. The number of amides is 1. The summed E-state index contributed by atoms with van der Waals surface area (Å²) in [5.74, 6) is 1.78. The number of aromatic amines is 1. The van der Waals surface area contributed by atoms with E-state index < -0.39 is 0 Å². The van der Waals surface area contributed by atoms with Crippen LogP contribution in [0.15, 0.2) is 24.4 Å². The van der Waals surface area contributed by atoms with E-state index in [4.69, 9.17) is 0 Å². The fourth-order valence-electron chi connectivity index (χ4n) is 3.62. The van der Waals surface area contributed by atoms with E-state index in [9.17, 15) is 4.79 Å². The van der Waals surface area contributed by atoms with E-state index in [-0.39, 0.29) is 11.8 Å². The Hall–Kier alpha value is -1.84. The standard InChI is InChI=1S/C15H17N3O/c19-15(14-11-3-1-2-4-12(11)14)17-10-6-5-9-8-16-18-13(9)7-10/h5-8,11-12,14H,1-4H2,(H,16,18)(H,17,19). The molecule has 2 aromatic rings. The number of benzene rings is 1. The lowest BCUT2D eigenvalue weighted by Crippen LogP contribution is -2.15. The van der Waals surface area contributed by atoms with Crippen molar-refractivity contribution in [3.8, 4) is 0 Å². The molecule has 98 valence electrons. The third-order valence-corrected chi connectivity index (χ3v) is 4.67. The number of carbonyl (C=O) groups excluding carboxylic acids is 1. The van der Waals surface area contributed by atoms with E-state index in [1.165, 1.54) is 25.7 Å². The molecule has 0 saturated heterocycles. The zero-order valence-corrected chi connectivity index (χ0v) is 10.7. The van der Waals surface area contributed by atoms with E-state index in [0.717, 1.165) is 16.6 Å². The maximum Gasteiger partial charge on any atom is 0.228 e. The number of nitrogens with one attached hydrogen (secondary N) is 2. The number of hydrogen-bond donors (Lipinski definition) is 2. The molecule has 2 aliphatic rings. The topological polar surface area (TPSA) is 57.8 Å². The smallest absolute Gasteiger partial charge is 0.228 e.